The first-order valence-electron chi connectivity index (χ1n) is 6.92. The van der Waals surface area contributed by atoms with Crippen LogP contribution in [-0.4, -0.2) is 26.0 Å². The first-order chi connectivity index (χ1) is 9.90. The Labute approximate surface area is 132 Å². The van der Waals surface area contributed by atoms with Gasteiger partial charge < -0.3 is 9.52 Å². The number of aromatic carboxylic acids is 1. The van der Waals surface area contributed by atoms with Gasteiger partial charge in [-0.2, -0.15) is 0 Å². The summed E-state index contributed by atoms with van der Waals surface area (Å²) >= 11 is 2.94. The van der Waals surface area contributed by atoms with Gasteiger partial charge in [-0.15, -0.1) is 0 Å². The maximum atomic E-state index is 12.1. The molecule has 1 aromatic rings. The summed E-state index contributed by atoms with van der Waals surface area (Å²) < 4.78 is 31.5. The molecule has 0 aliphatic heterocycles. The molecule has 0 bridgehead atoms. The molecule has 2 N–H and O–H groups in total. The Hall–Kier alpha value is -0.860. The van der Waals surface area contributed by atoms with Crippen molar-refractivity contribution in [3.63, 3.8) is 0 Å². The predicted molar refractivity (Wildman–Crippen MR) is 79.7 cm³/mol. The predicted octanol–water partition coefficient (Wildman–Crippen LogP) is 2.99. The van der Waals surface area contributed by atoms with Crippen LogP contribution in [0.4, 0.5) is 0 Å². The lowest BCUT2D eigenvalue weighted by Crippen LogP contribution is -2.26. The van der Waals surface area contributed by atoms with Crippen LogP contribution in [0.25, 0.3) is 0 Å². The molecule has 0 amide bonds. The zero-order valence-corrected chi connectivity index (χ0v) is 13.9. The number of nitrogens with one attached hydrogen (secondary N) is 1. The summed E-state index contributed by atoms with van der Waals surface area (Å²) in [5.74, 6) is -1.14. The van der Waals surface area contributed by atoms with Gasteiger partial charge in [0, 0.05) is 12.6 Å². The number of sulfonamides is 1. The zero-order valence-electron chi connectivity index (χ0n) is 11.5. The van der Waals surface area contributed by atoms with Crippen molar-refractivity contribution in [2.45, 2.75) is 43.4 Å². The molecule has 6 nitrogen and oxygen atoms in total. The van der Waals surface area contributed by atoms with Crippen molar-refractivity contribution >= 4 is 31.9 Å². The minimum Gasteiger partial charge on any atom is -0.475 e. The van der Waals surface area contributed by atoms with Crippen molar-refractivity contribution in [3.8, 4) is 0 Å². The van der Waals surface area contributed by atoms with Crippen molar-refractivity contribution in [1.29, 1.82) is 0 Å². The van der Waals surface area contributed by atoms with Gasteiger partial charge in [0.05, 0.1) is 0 Å². The molecule has 1 aliphatic rings. The highest BCUT2D eigenvalue weighted by molar-refractivity contribution is 9.10. The molecule has 1 saturated carbocycles. The second kappa shape index (κ2) is 6.93. The molecule has 1 heterocycles. The molecule has 0 atom stereocenters. The van der Waals surface area contributed by atoms with Crippen molar-refractivity contribution < 1.29 is 22.7 Å². The van der Waals surface area contributed by atoms with Crippen molar-refractivity contribution in [2.75, 3.05) is 6.54 Å². The monoisotopic (exact) mass is 379 g/mol. The molecule has 0 unspecified atom stereocenters. The molecular formula is C13H18BrNO5S. The van der Waals surface area contributed by atoms with Crippen molar-refractivity contribution in [3.05, 3.63) is 16.5 Å². The van der Waals surface area contributed by atoms with Crippen molar-refractivity contribution in [2.24, 2.45) is 5.92 Å². The molecule has 0 radical (unpaired) electrons. The highest BCUT2D eigenvalue weighted by atomic mass is 79.9. The number of hydrogen-bond donors (Lipinski definition) is 2. The minimum absolute atomic E-state index is 0.0925. The number of furan rings is 1. The summed E-state index contributed by atoms with van der Waals surface area (Å²) in [6.07, 6.45) is 6.81. The van der Waals surface area contributed by atoms with Crippen LogP contribution in [0.2, 0.25) is 0 Å². The minimum atomic E-state index is -3.76. The number of halogens is 1. The fourth-order valence-electron chi connectivity index (χ4n) is 2.59. The molecule has 0 aromatic carbocycles. The lowest BCUT2D eigenvalue weighted by atomic mass is 9.87. The number of carbonyl (C=O) groups is 1. The third-order valence-electron chi connectivity index (χ3n) is 3.73. The van der Waals surface area contributed by atoms with Crippen LogP contribution in [-0.2, 0) is 10.0 Å². The molecule has 1 aromatic heterocycles. The fourth-order valence-corrected chi connectivity index (χ4v) is 4.58. The highest BCUT2D eigenvalue weighted by Crippen LogP contribution is 2.27. The van der Waals surface area contributed by atoms with Gasteiger partial charge in [-0.05, 0) is 28.3 Å². The summed E-state index contributed by atoms with van der Waals surface area (Å²) in [6.45, 7) is 0.354. The van der Waals surface area contributed by atoms with E-state index in [1.165, 1.54) is 19.3 Å². The van der Waals surface area contributed by atoms with Gasteiger partial charge in [-0.3, -0.25) is 0 Å². The number of carboxylic acids is 1. The van der Waals surface area contributed by atoms with Gasteiger partial charge in [0.15, 0.2) is 4.67 Å². The maximum absolute atomic E-state index is 12.1. The van der Waals surface area contributed by atoms with Crippen LogP contribution >= 0.6 is 15.9 Å². The van der Waals surface area contributed by atoms with E-state index in [2.05, 4.69) is 20.7 Å². The molecule has 21 heavy (non-hydrogen) atoms. The van der Waals surface area contributed by atoms with E-state index < -0.39 is 21.8 Å². The van der Waals surface area contributed by atoms with Gasteiger partial charge in [0.1, 0.15) is 4.90 Å². The second-order valence-corrected chi connectivity index (χ2v) is 7.70. The van der Waals surface area contributed by atoms with Gasteiger partial charge in [-0.25, -0.2) is 17.9 Å². The fraction of sp³-hybridized carbons (Fsp3) is 0.615. The quantitative estimate of drug-likeness (QED) is 0.791. The summed E-state index contributed by atoms with van der Waals surface area (Å²) in [6, 6.07) is 1.01. The normalized spacial score (nSPS) is 17.0. The maximum Gasteiger partial charge on any atom is 0.371 e. The first kappa shape index (κ1) is 16.5. The molecule has 118 valence electrons. The van der Waals surface area contributed by atoms with Gasteiger partial charge in [-0.1, -0.05) is 32.1 Å². The van der Waals surface area contributed by atoms with E-state index in [1.54, 1.807) is 0 Å². The SMILES string of the molecule is O=C(O)c1cc(S(=O)(=O)NCCC2CCCCC2)c(Br)o1. The molecule has 0 saturated heterocycles. The molecule has 2 rings (SSSR count). The smallest absolute Gasteiger partial charge is 0.371 e. The Morgan fingerprint density at radius 2 is 2.05 bits per heavy atom. The van der Waals surface area contributed by atoms with E-state index >= 15 is 0 Å². The lowest BCUT2D eigenvalue weighted by molar-refractivity contribution is 0.0661. The summed E-state index contributed by atoms with van der Waals surface area (Å²) in [4.78, 5) is 10.6. The molecule has 1 aliphatic carbocycles. The second-order valence-electron chi connectivity index (χ2n) is 5.24. The van der Waals surface area contributed by atoms with E-state index in [0.29, 0.717) is 12.5 Å². The van der Waals surface area contributed by atoms with Crippen LogP contribution in [0, 0.1) is 5.92 Å². The highest BCUT2D eigenvalue weighted by Gasteiger charge is 2.25. The summed E-state index contributed by atoms with van der Waals surface area (Å²) in [5, 5.41) is 8.80. The average molecular weight is 380 g/mol. The third-order valence-corrected chi connectivity index (χ3v) is 6.04. The summed E-state index contributed by atoms with van der Waals surface area (Å²) in [7, 11) is -3.76. The van der Waals surface area contributed by atoms with Crippen LogP contribution in [0.5, 0.6) is 0 Å². The van der Waals surface area contributed by atoms with Crippen molar-refractivity contribution in [1.82, 2.24) is 4.72 Å². The molecule has 0 spiro atoms. The summed E-state index contributed by atoms with van der Waals surface area (Å²) in [5.41, 5.74) is 0. The zero-order chi connectivity index (χ0) is 15.5. The van der Waals surface area contributed by atoms with E-state index in [9.17, 15) is 13.2 Å². The van der Waals surface area contributed by atoms with E-state index in [1.807, 2.05) is 0 Å². The molecular weight excluding hydrogens is 362 g/mol. The van der Waals surface area contributed by atoms with Gasteiger partial charge >= 0.3 is 5.97 Å². The van der Waals surface area contributed by atoms with Crippen LogP contribution in [0.1, 0.15) is 49.1 Å². The van der Waals surface area contributed by atoms with Crippen LogP contribution in [0.15, 0.2) is 20.0 Å². The lowest BCUT2D eigenvalue weighted by Gasteiger charge is -2.21. The van der Waals surface area contributed by atoms with Crippen LogP contribution < -0.4 is 4.72 Å². The Balaban J connectivity index is 1.96. The molecule has 8 heteroatoms. The van der Waals surface area contributed by atoms with E-state index in [4.69, 9.17) is 9.52 Å². The Morgan fingerprint density at radius 3 is 2.62 bits per heavy atom. The molecule has 1 fully saturated rings. The Morgan fingerprint density at radius 1 is 1.38 bits per heavy atom. The van der Waals surface area contributed by atoms with Gasteiger partial charge in [0.2, 0.25) is 15.8 Å². The van der Waals surface area contributed by atoms with E-state index in [-0.39, 0.29) is 9.56 Å². The number of rotatable bonds is 6. The number of carboxylic acid groups (broad SMARTS) is 1. The first-order valence-corrected chi connectivity index (χ1v) is 9.20. The van der Waals surface area contributed by atoms with Crippen LogP contribution in [0.3, 0.4) is 0 Å². The Bertz CT molecular complexity index is 604. The standard InChI is InChI=1S/C13H18BrNO5S/c14-12-11(8-10(20-12)13(16)17)21(18,19)15-7-6-9-4-2-1-3-5-9/h8-9,15H,1-7H2,(H,16,17). The average Bonchev–Trinajstić information content (AvgIpc) is 2.83. The largest absolute Gasteiger partial charge is 0.475 e. The topological polar surface area (TPSA) is 96.6 Å². The number of hydrogen-bond acceptors (Lipinski definition) is 4. The van der Waals surface area contributed by atoms with Gasteiger partial charge in [0.25, 0.3) is 0 Å². The van der Waals surface area contributed by atoms with E-state index in [0.717, 1.165) is 25.3 Å². The third kappa shape index (κ3) is 4.31. The Kier molecular flexibility index (Phi) is 5.45.